The number of rotatable bonds is 2. The molecule has 0 aliphatic heterocycles. The van der Waals surface area contributed by atoms with Crippen molar-refractivity contribution in [1.29, 1.82) is 0 Å². The Kier molecular flexibility index (Phi) is 3.23. The molecule has 0 aliphatic rings. The van der Waals surface area contributed by atoms with Gasteiger partial charge in [-0.05, 0) is 6.42 Å². The van der Waals surface area contributed by atoms with Crippen LogP contribution in [0.15, 0.2) is 24.0 Å². The standard InChI is InChI=1S/C10H13N3O/c1-3-8(11)10(14)4-9-7(2)5-12-6-13-9/h4-6,14H,2-3,11H2,1H3/b9-4+,10-8+. The van der Waals surface area contributed by atoms with E-state index in [2.05, 4.69) is 16.5 Å². The van der Waals surface area contributed by atoms with Gasteiger partial charge < -0.3 is 10.8 Å². The van der Waals surface area contributed by atoms with Gasteiger partial charge in [0.05, 0.1) is 11.0 Å². The summed E-state index contributed by atoms with van der Waals surface area (Å²) < 4.78 is 0. The summed E-state index contributed by atoms with van der Waals surface area (Å²) in [6.45, 7) is 5.59. The summed E-state index contributed by atoms with van der Waals surface area (Å²) >= 11 is 0. The van der Waals surface area contributed by atoms with Crippen LogP contribution in [-0.4, -0.2) is 15.1 Å². The molecule has 0 bridgehead atoms. The van der Waals surface area contributed by atoms with Gasteiger partial charge >= 0.3 is 0 Å². The number of hydrogen-bond donors (Lipinski definition) is 2. The van der Waals surface area contributed by atoms with Gasteiger partial charge in [0.15, 0.2) is 0 Å². The summed E-state index contributed by atoms with van der Waals surface area (Å²) in [5.41, 5.74) is 5.98. The molecule has 74 valence electrons. The number of aromatic nitrogens is 2. The maximum Gasteiger partial charge on any atom is 0.136 e. The topological polar surface area (TPSA) is 72.0 Å². The molecular formula is C10H13N3O. The number of allylic oxidation sites excluding steroid dienone is 2. The summed E-state index contributed by atoms with van der Waals surface area (Å²) in [7, 11) is 0. The lowest BCUT2D eigenvalue weighted by Gasteiger charge is -1.97. The minimum atomic E-state index is 0.0381. The van der Waals surface area contributed by atoms with Crippen LogP contribution in [0.4, 0.5) is 0 Å². The van der Waals surface area contributed by atoms with Crippen molar-refractivity contribution < 1.29 is 5.11 Å². The third-order valence-electron chi connectivity index (χ3n) is 1.81. The zero-order chi connectivity index (χ0) is 10.6. The van der Waals surface area contributed by atoms with Crippen molar-refractivity contribution in [2.24, 2.45) is 5.73 Å². The summed E-state index contributed by atoms with van der Waals surface area (Å²) in [6, 6.07) is 0. The molecule has 0 unspecified atom stereocenters. The highest BCUT2D eigenvalue weighted by molar-refractivity contribution is 5.42. The van der Waals surface area contributed by atoms with Gasteiger partial charge in [0.25, 0.3) is 0 Å². The first-order chi connectivity index (χ1) is 6.65. The number of hydrogen-bond acceptors (Lipinski definition) is 4. The summed E-state index contributed by atoms with van der Waals surface area (Å²) in [6.07, 6.45) is 5.06. The first-order valence-corrected chi connectivity index (χ1v) is 4.29. The lowest BCUT2D eigenvalue weighted by Crippen LogP contribution is -2.27. The largest absolute Gasteiger partial charge is 0.506 e. The molecule has 0 aromatic carbocycles. The van der Waals surface area contributed by atoms with E-state index < -0.39 is 0 Å². The molecular weight excluding hydrogens is 178 g/mol. The van der Waals surface area contributed by atoms with E-state index in [1.54, 1.807) is 6.20 Å². The van der Waals surface area contributed by atoms with Crippen molar-refractivity contribution in [2.75, 3.05) is 0 Å². The Balaban J connectivity index is 3.25. The lowest BCUT2D eigenvalue weighted by molar-refractivity contribution is 0.431. The Bertz CT molecular complexity index is 451. The van der Waals surface area contributed by atoms with Crippen LogP contribution >= 0.6 is 0 Å². The highest BCUT2D eigenvalue weighted by Crippen LogP contribution is 1.98. The van der Waals surface area contributed by atoms with Gasteiger partial charge in [-0.25, -0.2) is 9.97 Å². The molecule has 1 rings (SSSR count). The Hall–Kier alpha value is -1.84. The van der Waals surface area contributed by atoms with Crippen molar-refractivity contribution in [3.8, 4) is 0 Å². The number of nitrogens with zero attached hydrogens (tertiary/aromatic N) is 2. The Morgan fingerprint density at radius 1 is 1.71 bits per heavy atom. The molecule has 4 heteroatoms. The van der Waals surface area contributed by atoms with Gasteiger partial charge in [-0.2, -0.15) is 0 Å². The van der Waals surface area contributed by atoms with Crippen molar-refractivity contribution in [1.82, 2.24) is 9.97 Å². The van der Waals surface area contributed by atoms with Crippen LogP contribution in [-0.2, 0) is 0 Å². The Labute approximate surface area is 82.1 Å². The van der Waals surface area contributed by atoms with Gasteiger partial charge in [-0.15, -0.1) is 0 Å². The lowest BCUT2D eigenvalue weighted by atomic mass is 10.3. The van der Waals surface area contributed by atoms with E-state index in [1.807, 2.05) is 6.92 Å². The van der Waals surface area contributed by atoms with Crippen LogP contribution in [0.1, 0.15) is 13.3 Å². The molecule has 14 heavy (non-hydrogen) atoms. The zero-order valence-corrected chi connectivity index (χ0v) is 8.07. The number of nitrogens with two attached hydrogens (primary N) is 1. The Morgan fingerprint density at radius 3 is 3.00 bits per heavy atom. The zero-order valence-electron chi connectivity index (χ0n) is 8.07. The van der Waals surface area contributed by atoms with Crippen LogP contribution < -0.4 is 16.3 Å². The average molecular weight is 191 g/mol. The summed E-state index contributed by atoms with van der Waals surface area (Å²) in [5.74, 6) is 0.0381. The fourth-order valence-corrected chi connectivity index (χ4v) is 0.901. The van der Waals surface area contributed by atoms with Crippen molar-refractivity contribution >= 4 is 12.7 Å². The van der Waals surface area contributed by atoms with Gasteiger partial charge in [0.1, 0.15) is 12.1 Å². The van der Waals surface area contributed by atoms with E-state index in [9.17, 15) is 5.11 Å². The van der Waals surface area contributed by atoms with E-state index in [4.69, 9.17) is 5.73 Å². The summed E-state index contributed by atoms with van der Waals surface area (Å²) in [5, 5.41) is 10.7. The van der Waals surface area contributed by atoms with Gasteiger partial charge in [0.2, 0.25) is 0 Å². The molecule has 1 heterocycles. The first kappa shape index (κ1) is 10.2. The molecule has 1 aromatic rings. The predicted octanol–water partition coefficient (Wildman–Crippen LogP) is -0.194. The third-order valence-corrected chi connectivity index (χ3v) is 1.81. The van der Waals surface area contributed by atoms with Crippen LogP contribution in [0.3, 0.4) is 0 Å². The third kappa shape index (κ3) is 2.32. The van der Waals surface area contributed by atoms with E-state index >= 15 is 0 Å². The molecule has 0 saturated carbocycles. The van der Waals surface area contributed by atoms with Gasteiger partial charge in [-0.3, -0.25) is 0 Å². The van der Waals surface area contributed by atoms with Crippen LogP contribution in [0.5, 0.6) is 0 Å². The van der Waals surface area contributed by atoms with Gasteiger partial charge in [0, 0.05) is 17.5 Å². The van der Waals surface area contributed by atoms with E-state index in [1.165, 1.54) is 12.4 Å². The summed E-state index contributed by atoms with van der Waals surface area (Å²) in [4.78, 5) is 7.75. The molecule has 0 atom stereocenters. The minimum absolute atomic E-state index is 0.0381. The minimum Gasteiger partial charge on any atom is -0.506 e. The first-order valence-electron chi connectivity index (χ1n) is 4.29. The highest BCUT2D eigenvalue weighted by Gasteiger charge is 1.94. The normalized spacial score (nSPS) is 13.9. The molecule has 1 aromatic heterocycles. The Morgan fingerprint density at radius 2 is 2.43 bits per heavy atom. The SMILES string of the molecule is C=c1cncn/c1=C/C(O)=C(\N)CC. The number of aliphatic hydroxyl groups is 1. The van der Waals surface area contributed by atoms with E-state index in [-0.39, 0.29) is 5.76 Å². The average Bonchev–Trinajstić information content (AvgIpc) is 2.20. The number of aliphatic hydroxyl groups excluding tert-OH is 1. The smallest absolute Gasteiger partial charge is 0.136 e. The second-order valence-corrected chi connectivity index (χ2v) is 2.84. The second-order valence-electron chi connectivity index (χ2n) is 2.84. The van der Waals surface area contributed by atoms with Crippen molar-refractivity contribution in [3.05, 3.63) is 34.5 Å². The molecule has 3 N–H and O–H groups in total. The molecule has 0 saturated heterocycles. The fourth-order valence-electron chi connectivity index (χ4n) is 0.901. The molecule has 4 nitrogen and oxygen atoms in total. The van der Waals surface area contributed by atoms with Crippen LogP contribution in [0.2, 0.25) is 0 Å². The highest BCUT2D eigenvalue weighted by atomic mass is 16.3. The molecule has 0 spiro atoms. The predicted molar refractivity (Wildman–Crippen MR) is 55.4 cm³/mol. The van der Waals surface area contributed by atoms with E-state index in [0.29, 0.717) is 22.7 Å². The van der Waals surface area contributed by atoms with Crippen molar-refractivity contribution in [3.63, 3.8) is 0 Å². The maximum absolute atomic E-state index is 9.51. The van der Waals surface area contributed by atoms with Gasteiger partial charge in [-0.1, -0.05) is 13.5 Å². The quantitative estimate of drug-likeness (QED) is 0.635. The van der Waals surface area contributed by atoms with Crippen LogP contribution in [0, 0.1) is 0 Å². The van der Waals surface area contributed by atoms with Crippen LogP contribution in [0.25, 0.3) is 12.7 Å². The second kappa shape index (κ2) is 4.41. The van der Waals surface area contributed by atoms with Crippen molar-refractivity contribution in [2.45, 2.75) is 13.3 Å². The monoisotopic (exact) mass is 191 g/mol. The molecule has 0 amide bonds. The van der Waals surface area contributed by atoms with E-state index in [0.717, 1.165) is 0 Å². The fraction of sp³-hybridized carbons (Fsp3) is 0.200. The molecule has 0 fully saturated rings. The molecule has 0 aliphatic carbocycles. The molecule has 0 radical (unpaired) electrons. The maximum atomic E-state index is 9.51.